The molecule has 41 heavy (non-hydrogen) atoms. The quantitative estimate of drug-likeness (QED) is 0.184. The van der Waals surface area contributed by atoms with Gasteiger partial charge in [-0.2, -0.15) is 0 Å². The van der Waals surface area contributed by atoms with E-state index in [1.54, 1.807) is 6.08 Å². The van der Waals surface area contributed by atoms with E-state index >= 15 is 0 Å². The second kappa shape index (κ2) is 10.5. The molecular formula is C27H27BrCl2N2O9. The number of fused-ring (bicyclic) bond motifs is 4. The van der Waals surface area contributed by atoms with E-state index in [9.17, 15) is 29.1 Å². The first-order valence-corrected chi connectivity index (χ1v) is 14.8. The Bertz CT molecular complexity index is 1400. The van der Waals surface area contributed by atoms with Crippen LogP contribution in [0.3, 0.4) is 0 Å². The molecule has 1 aromatic carbocycles. The van der Waals surface area contributed by atoms with Crippen LogP contribution in [0, 0.1) is 17.8 Å². The van der Waals surface area contributed by atoms with Crippen LogP contribution in [-0.2, 0) is 24.0 Å². The summed E-state index contributed by atoms with van der Waals surface area (Å²) in [4.78, 5) is 63.5. The zero-order chi connectivity index (χ0) is 30.0. The van der Waals surface area contributed by atoms with Crippen molar-refractivity contribution in [1.82, 2.24) is 9.80 Å². The molecule has 4 aliphatic rings. The number of rotatable bonds is 8. The first-order valence-electron chi connectivity index (χ1n) is 12.9. The molecule has 0 bridgehead atoms. The fourth-order valence-corrected chi connectivity index (χ4v) is 8.32. The molecular weight excluding hydrogens is 647 g/mol. The van der Waals surface area contributed by atoms with Crippen molar-refractivity contribution in [3.63, 3.8) is 0 Å². The van der Waals surface area contributed by atoms with E-state index < -0.39 is 63.0 Å². The van der Waals surface area contributed by atoms with Gasteiger partial charge in [0.05, 0.1) is 31.5 Å². The third-order valence-corrected chi connectivity index (χ3v) is 10.6. The first-order chi connectivity index (χ1) is 19.4. The number of nitrogens with zero attached hydrogens (tertiary/aromatic N) is 2. The highest BCUT2D eigenvalue weighted by Crippen LogP contribution is 2.67. The fraction of sp³-hybridized carbons (Fsp3) is 0.519. The molecule has 2 heterocycles. The van der Waals surface area contributed by atoms with Crippen molar-refractivity contribution in [3.05, 3.63) is 29.3 Å². The number of hydrogen-bond donors (Lipinski definition) is 2. The van der Waals surface area contributed by atoms with Gasteiger partial charge in [0.1, 0.15) is 17.2 Å². The molecule has 6 atom stereocenters. The van der Waals surface area contributed by atoms with E-state index in [-0.39, 0.29) is 60.5 Å². The minimum absolute atomic E-state index is 0.0597. The van der Waals surface area contributed by atoms with Gasteiger partial charge in [-0.25, -0.2) is 0 Å². The van der Waals surface area contributed by atoms with Gasteiger partial charge >= 0.3 is 5.97 Å². The van der Waals surface area contributed by atoms with Crippen molar-refractivity contribution in [3.8, 4) is 17.2 Å². The topological polar surface area (TPSA) is 151 Å². The predicted octanol–water partition coefficient (Wildman–Crippen LogP) is 2.99. The number of aliphatic carboxylic acids is 1. The summed E-state index contributed by atoms with van der Waals surface area (Å²) in [6.07, 6.45) is 1.54. The highest BCUT2D eigenvalue weighted by Gasteiger charge is 2.76. The molecule has 0 spiro atoms. The third kappa shape index (κ3) is 4.08. The number of methoxy groups -OCH3 is 2. The number of hydrogen-bond acceptors (Lipinski definition) is 8. The van der Waals surface area contributed by atoms with Crippen LogP contribution in [0.4, 0.5) is 0 Å². The lowest BCUT2D eigenvalue weighted by atomic mass is 9.56. The number of imide groups is 2. The number of allylic oxidation sites excluding steroid dienone is 2. The average molecular weight is 674 g/mol. The molecule has 0 aromatic heterocycles. The Kier molecular flexibility index (Phi) is 7.57. The Hall–Kier alpha value is -2.83. The molecule has 1 aromatic rings. The maximum absolute atomic E-state index is 13.9. The van der Waals surface area contributed by atoms with Gasteiger partial charge in [-0.1, -0.05) is 27.6 Å². The highest BCUT2D eigenvalue weighted by molar-refractivity contribution is 9.09. The SMILES string of the molecule is COc1cc(O)c(C2C3=CCC4C(=O)N(CCCC(=O)O)C(=O)C4C3CC3(Cl)C(=O)N(CBr)C(=O)C23Cl)c(OC)c1. The number of phenolic OH excluding ortho intramolecular Hbond substituents is 1. The summed E-state index contributed by atoms with van der Waals surface area (Å²) in [7, 11) is 2.76. The number of aromatic hydroxyl groups is 1. The number of phenols is 1. The van der Waals surface area contributed by atoms with Gasteiger partial charge < -0.3 is 19.7 Å². The van der Waals surface area contributed by atoms with Gasteiger partial charge in [0.25, 0.3) is 11.8 Å². The Balaban J connectivity index is 1.68. The van der Waals surface area contributed by atoms with Crippen molar-refractivity contribution in [2.75, 3.05) is 26.2 Å². The molecule has 2 aliphatic carbocycles. The predicted molar refractivity (Wildman–Crippen MR) is 148 cm³/mol. The number of likely N-dealkylation sites (tertiary alicyclic amines) is 2. The van der Waals surface area contributed by atoms with E-state index in [2.05, 4.69) is 15.9 Å². The van der Waals surface area contributed by atoms with Crippen LogP contribution in [0.15, 0.2) is 23.8 Å². The van der Waals surface area contributed by atoms with Gasteiger partial charge in [0, 0.05) is 36.6 Å². The number of carboxylic acids is 1. The molecule has 3 fully saturated rings. The number of carbonyl (C=O) groups is 5. The van der Waals surface area contributed by atoms with Crippen molar-refractivity contribution in [2.24, 2.45) is 17.8 Å². The molecule has 2 saturated heterocycles. The summed E-state index contributed by atoms with van der Waals surface area (Å²) in [5.74, 6) is -7.12. The van der Waals surface area contributed by atoms with E-state index in [4.69, 9.17) is 37.8 Å². The fourth-order valence-electron chi connectivity index (χ4n) is 6.91. The van der Waals surface area contributed by atoms with Gasteiger partial charge in [-0.15, -0.1) is 23.2 Å². The minimum Gasteiger partial charge on any atom is -0.507 e. The normalized spacial score (nSPS) is 32.5. The monoisotopic (exact) mass is 672 g/mol. The zero-order valence-corrected chi connectivity index (χ0v) is 25.2. The van der Waals surface area contributed by atoms with Crippen molar-refractivity contribution in [2.45, 2.75) is 41.3 Å². The summed E-state index contributed by atoms with van der Waals surface area (Å²) in [6, 6.07) is 2.82. The molecule has 14 heteroatoms. The Labute approximate surface area is 253 Å². The van der Waals surface area contributed by atoms with Crippen molar-refractivity contribution in [1.29, 1.82) is 0 Å². The number of alkyl halides is 3. The van der Waals surface area contributed by atoms with E-state index in [1.807, 2.05) is 0 Å². The molecule has 11 nitrogen and oxygen atoms in total. The smallest absolute Gasteiger partial charge is 0.303 e. The summed E-state index contributed by atoms with van der Waals surface area (Å²) < 4.78 is 10.8. The molecule has 5 rings (SSSR count). The van der Waals surface area contributed by atoms with Crippen LogP contribution in [-0.4, -0.2) is 85.6 Å². The van der Waals surface area contributed by atoms with Crippen molar-refractivity contribution < 1.29 is 43.7 Å². The van der Waals surface area contributed by atoms with E-state index in [1.165, 1.54) is 26.4 Å². The second-order valence-corrected chi connectivity index (χ2v) is 12.3. The molecule has 220 valence electrons. The number of ether oxygens (including phenoxy) is 2. The largest absolute Gasteiger partial charge is 0.507 e. The summed E-state index contributed by atoms with van der Waals surface area (Å²) in [5, 5.41) is 20.3. The number of benzene rings is 1. The second-order valence-electron chi connectivity index (χ2n) is 10.6. The average Bonchev–Trinajstić information content (AvgIpc) is 3.26. The first kappa shape index (κ1) is 29.7. The van der Waals surface area contributed by atoms with Crippen LogP contribution in [0.5, 0.6) is 17.2 Å². The highest BCUT2D eigenvalue weighted by atomic mass is 79.9. The molecule has 6 unspecified atom stereocenters. The minimum atomic E-state index is -2.11. The van der Waals surface area contributed by atoms with Gasteiger partial charge in [-0.3, -0.25) is 33.8 Å². The molecule has 4 amide bonds. The van der Waals surface area contributed by atoms with Crippen LogP contribution >= 0.6 is 39.1 Å². The number of halogens is 3. The van der Waals surface area contributed by atoms with Crippen LogP contribution in [0.1, 0.15) is 37.2 Å². The van der Waals surface area contributed by atoms with Crippen LogP contribution in [0.2, 0.25) is 0 Å². The summed E-state index contributed by atoms with van der Waals surface area (Å²) in [6.45, 7) is -0.0597. The van der Waals surface area contributed by atoms with Crippen LogP contribution < -0.4 is 9.47 Å². The standard InChI is InChI=1S/C27H27BrCl2N2O9/c1-40-12-8-16(33)20(17(9-12)41-2)21-13-5-6-14-19(23(37)31(22(14)36)7-3-4-18(34)35)15(13)10-26(29)24(38)32(11-28)25(39)27(21,26)30/h5,8-9,14-15,19,21,33H,3-4,6-7,10-11H2,1-2H3,(H,34,35). The van der Waals surface area contributed by atoms with Crippen molar-refractivity contribution >= 4 is 68.7 Å². The number of amides is 4. The van der Waals surface area contributed by atoms with Crippen LogP contribution in [0.25, 0.3) is 0 Å². The number of carboxylic acid groups (broad SMARTS) is 1. The Morgan fingerprint density at radius 2 is 1.78 bits per heavy atom. The van der Waals surface area contributed by atoms with Gasteiger partial charge in [-0.05, 0) is 25.2 Å². The summed E-state index contributed by atoms with van der Waals surface area (Å²) in [5.41, 5.74) is 0.397. The summed E-state index contributed by atoms with van der Waals surface area (Å²) >= 11 is 17.5. The lowest BCUT2D eigenvalue weighted by Crippen LogP contribution is -2.60. The maximum Gasteiger partial charge on any atom is 0.303 e. The van der Waals surface area contributed by atoms with E-state index in [0.717, 1.165) is 9.80 Å². The Morgan fingerprint density at radius 3 is 2.39 bits per heavy atom. The zero-order valence-electron chi connectivity index (χ0n) is 22.1. The molecule has 2 aliphatic heterocycles. The van der Waals surface area contributed by atoms with Gasteiger partial charge in [0.2, 0.25) is 11.8 Å². The third-order valence-electron chi connectivity index (χ3n) is 8.72. The Morgan fingerprint density at radius 1 is 1.07 bits per heavy atom. The maximum atomic E-state index is 13.9. The molecule has 2 N–H and O–H groups in total. The molecule has 0 radical (unpaired) electrons. The molecule has 1 saturated carbocycles. The lowest BCUT2D eigenvalue weighted by Gasteiger charge is -2.51. The van der Waals surface area contributed by atoms with Gasteiger partial charge in [0.15, 0.2) is 9.75 Å². The van der Waals surface area contributed by atoms with E-state index in [0.29, 0.717) is 5.57 Å². The lowest BCUT2D eigenvalue weighted by molar-refractivity contribution is -0.142. The number of carbonyl (C=O) groups excluding carboxylic acids is 4.